The standard InChI is InChI=1S/C13H11ClN2O2/c1-8-2-4-9(5-3-8)6-12-15-10(13(17)18)7-11(14)16-12/h2-5,7H,6H2,1H3,(H,17,18). The van der Waals surface area contributed by atoms with Crippen LogP contribution >= 0.6 is 11.6 Å². The van der Waals surface area contributed by atoms with Crippen LogP contribution in [0.25, 0.3) is 0 Å². The van der Waals surface area contributed by atoms with E-state index in [1.165, 1.54) is 6.07 Å². The van der Waals surface area contributed by atoms with Crippen molar-refractivity contribution in [2.24, 2.45) is 0 Å². The first-order valence-corrected chi connectivity index (χ1v) is 5.74. The number of hydrogen-bond acceptors (Lipinski definition) is 3. The Labute approximate surface area is 109 Å². The molecular weight excluding hydrogens is 252 g/mol. The largest absolute Gasteiger partial charge is 0.477 e. The molecular formula is C13H11ClN2O2. The molecule has 0 bridgehead atoms. The van der Waals surface area contributed by atoms with Gasteiger partial charge in [0.2, 0.25) is 0 Å². The molecule has 2 aromatic rings. The van der Waals surface area contributed by atoms with Crippen LogP contribution in [0.5, 0.6) is 0 Å². The maximum atomic E-state index is 10.9. The molecule has 1 aromatic carbocycles. The zero-order valence-corrected chi connectivity index (χ0v) is 10.5. The summed E-state index contributed by atoms with van der Waals surface area (Å²) in [5.41, 5.74) is 2.09. The molecule has 0 aliphatic carbocycles. The van der Waals surface area contributed by atoms with Crippen LogP contribution in [0.3, 0.4) is 0 Å². The lowest BCUT2D eigenvalue weighted by Crippen LogP contribution is -2.06. The molecule has 0 aliphatic heterocycles. The number of halogens is 1. The van der Waals surface area contributed by atoms with Crippen molar-refractivity contribution in [3.63, 3.8) is 0 Å². The summed E-state index contributed by atoms with van der Waals surface area (Å²) in [5.74, 6) is -0.701. The zero-order chi connectivity index (χ0) is 13.1. The van der Waals surface area contributed by atoms with E-state index in [0.717, 1.165) is 11.1 Å². The molecule has 0 aliphatic rings. The van der Waals surface area contributed by atoms with Crippen LogP contribution in [-0.4, -0.2) is 21.0 Å². The quantitative estimate of drug-likeness (QED) is 0.864. The molecule has 0 unspecified atom stereocenters. The number of carbonyl (C=O) groups is 1. The zero-order valence-electron chi connectivity index (χ0n) is 9.72. The van der Waals surface area contributed by atoms with E-state index in [4.69, 9.17) is 16.7 Å². The molecule has 1 aromatic heterocycles. The maximum absolute atomic E-state index is 10.9. The van der Waals surface area contributed by atoms with Crippen LogP contribution in [0, 0.1) is 6.92 Å². The number of hydrogen-bond donors (Lipinski definition) is 1. The minimum absolute atomic E-state index is 0.0860. The molecule has 0 radical (unpaired) electrons. The highest BCUT2D eigenvalue weighted by Crippen LogP contribution is 2.12. The Morgan fingerprint density at radius 2 is 1.94 bits per heavy atom. The minimum Gasteiger partial charge on any atom is -0.477 e. The van der Waals surface area contributed by atoms with Crippen molar-refractivity contribution >= 4 is 17.6 Å². The van der Waals surface area contributed by atoms with E-state index in [-0.39, 0.29) is 10.8 Å². The summed E-state index contributed by atoms with van der Waals surface area (Å²) < 4.78 is 0. The molecule has 5 heteroatoms. The summed E-state index contributed by atoms with van der Waals surface area (Å²) in [5, 5.41) is 9.03. The average Bonchev–Trinajstić information content (AvgIpc) is 2.31. The van der Waals surface area contributed by atoms with E-state index in [9.17, 15) is 4.79 Å². The summed E-state index contributed by atoms with van der Waals surface area (Å²) in [6, 6.07) is 9.12. The minimum atomic E-state index is -1.11. The van der Waals surface area contributed by atoms with E-state index < -0.39 is 5.97 Å². The molecule has 1 N–H and O–H groups in total. The fourth-order valence-electron chi connectivity index (χ4n) is 1.54. The summed E-state index contributed by atoms with van der Waals surface area (Å²) in [7, 11) is 0. The highest BCUT2D eigenvalue weighted by atomic mass is 35.5. The van der Waals surface area contributed by atoms with Gasteiger partial charge in [0.25, 0.3) is 0 Å². The van der Waals surface area contributed by atoms with Gasteiger partial charge >= 0.3 is 5.97 Å². The Morgan fingerprint density at radius 3 is 2.56 bits per heavy atom. The smallest absolute Gasteiger partial charge is 0.354 e. The van der Waals surface area contributed by atoms with Gasteiger partial charge in [-0.15, -0.1) is 0 Å². The van der Waals surface area contributed by atoms with Gasteiger partial charge in [-0.1, -0.05) is 41.4 Å². The summed E-state index contributed by atoms with van der Waals surface area (Å²) in [6.07, 6.45) is 0.459. The fourth-order valence-corrected chi connectivity index (χ4v) is 1.74. The second kappa shape index (κ2) is 5.14. The maximum Gasteiger partial charge on any atom is 0.354 e. The predicted octanol–water partition coefficient (Wildman–Crippen LogP) is 2.73. The molecule has 0 saturated heterocycles. The Hall–Kier alpha value is -1.94. The second-order valence-corrected chi connectivity index (χ2v) is 4.35. The monoisotopic (exact) mass is 262 g/mol. The normalized spacial score (nSPS) is 10.3. The highest BCUT2D eigenvalue weighted by molar-refractivity contribution is 6.29. The van der Waals surface area contributed by atoms with Crippen LogP contribution < -0.4 is 0 Å². The van der Waals surface area contributed by atoms with Gasteiger partial charge in [0.15, 0.2) is 5.69 Å². The van der Waals surface area contributed by atoms with Gasteiger partial charge in [-0.25, -0.2) is 14.8 Å². The average molecular weight is 263 g/mol. The first-order valence-electron chi connectivity index (χ1n) is 5.37. The molecule has 0 atom stereocenters. The SMILES string of the molecule is Cc1ccc(Cc2nc(Cl)cc(C(=O)O)n2)cc1. The predicted molar refractivity (Wildman–Crippen MR) is 68.0 cm³/mol. The Kier molecular flexibility index (Phi) is 3.58. The van der Waals surface area contributed by atoms with Crippen molar-refractivity contribution in [3.05, 3.63) is 58.1 Å². The van der Waals surface area contributed by atoms with E-state index in [1.54, 1.807) is 0 Å². The fraction of sp³-hybridized carbons (Fsp3) is 0.154. The van der Waals surface area contributed by atoms with Crippen LogP contribution in [-0.2, 0) is 6.42 Å². The molecule has 0 saturated carbocycles. The number of carboxylic acid groups (broad SMARTS) is 1. The lowest BCUT2D eigenvalue weighted by molar-refractivity contribution is 0.0690. The highest BCUT2D eigenvalue weighted by Gasteiger charge is 2.09. The number of aromatic nitrogens is 2. The summed E-state index contributed by atoms with van der Waals surface area (Å²) in [4.78, 5) is 18.8. The van der Waals surface area contributed by atoms with Crippen molar-refractivity contribution in [3.8, 4) is 0 Å². The molecule has 0 spiro atoms. The van der Waals surface area contributed by atoms with Gasteiger partial charge in [-0.2, -0.15) is 0 Å². The van der Waals surface area contributed by atoms with Crippen molar-refractivity contribution in [2.75, 3.05) is 0 Å². The number of aromatic carboxylic acids is 1. The van der Waals surface area contributed by atoms with Crippen LogP contribution in [0.15, 0.2) is 30.3 Å². The van der Waals surface area contributed by atoms with Gasteiger partial charge in [0, 0.05) is 12.5 Å². The van der Waals surface area contributed by atoms with E-state index in [2.05, 4.69) is 9.97 Å². The van der Waals surface area contributed by atoms with Crippen LogP contribution in [0.2, 0.25) is 5.15 Å². The molecule has 0 amide bonds. The van der Waals surface area contributed by atoms with Crippen molar-refractivity contribution in [2.45, 2.75) is 13.3 Å². The number of benzene rings is 1. The lowest BCUT2D eigenvalue weighted by atomic mass is 10.1. The van der Waals surface area contributed by atoms with E-state index in [0.29, 0.717) is 12.2 Å². The number of aryl methyl sites for hydroxylation is 1. The first-order chi connectivity index (χ1) is 8.54. The molecule has 92 valence electrons. The second-order valence-electron chi connectivity index (χ2n) is 3.96. The van der Waals surface area contributed by atoms with Crippen molar-refractivity contribution < 1.29 is 9.90 Å². The number of nitrogens with zero attached hydrogens (tertiary/aromatic N) is 2. The molecule has 18 heavy (non-hydrogen) atoms. The Bertz CT molecular complexity index is 582. The third kappa shape index (κ3) is 3.05. The molecule has 2 rings (SSSR count). The Morgan fingerprint density at radius 1 is 1.28 bits per heavy atom. The number of rotatable bonds is 3. The summed E-state index contributed by atoms with van der Waals surface area (Å²) in [6.45, 7) is 2.00. The molecule has 0 fully saturated rings. The molecule has 4 nitrogen and oxygen atoms in total. The molecule has 1 heterocycles. The van der Waals surface area contributed by atoms with Crippen LogP contribution in [0.4, 0.5) is 0 Å². The lowest BCUT2D eigenvalue weighted by Gasteiger charge is -2.03. The summed E-state index contributed by atoms with van der Waals surface area (Å²) >= 11 is 5.77. The third-order valence-electron chi connectivity index (χ3n) is 2.44. The van der Waals surface area contributed by atoms with Gasteiger partial charge in [-0.3, -0.25) is 0 Å². The topological polar surface area (TPSA) is 63.1 Å². The van der Waals surface area contributed by atoms with Crippen LogP contribution in [0.1, 0.15) is 27.4 Å². The van der Waals surface area contributed by atoms with Crippen molar-refractivity contribution in [1.29, 1.82) is 0 Å². The van der Waals surface area contributed by atoms with E-state index >= 15 is 0 Å². The number of carboxylic acids is 1. The van der Waals surface area contributed by atoms with Crippen molar-refractivity contribution in [1.82, 2.24) is 9.97 Å². The van der Waals surface area contributed by atoms with Gasteiger partial charge in [0.05, 0.1) is 0 Å². The van der Waals surface area contributed by atoms with Gasteiger partial charge < -0.3 is 5.11 Å². The van der Waals surface area contributed by atoms with Gasteiger partial charge in [-0.05, 0) is 12.5 Å². The van der Waals surface area contributed by atoms with E-state index in [1.807, 2.05) is 31.2 Å². The third-order valence-corrected chi connectivity index (χ3v) is 2.64. The Balaban J connectivity index is 2.28. The first kappa shape index (κ1) is 12.5. The van der Waals surface area contributed by atoms with Gasteiger partial charge in [0.1, 0.15) is 11.0 Å².